The summed E-state index contributed by atoms with van der Waals surface area (Å²) in [5.41, 5.74) is 3.49. The SMILES string of the molecule is c1c2cn3cncc3c1N2. The highest BCUT2D eigenvalue weighted by atomic mass is 15.1. The molecular weight excluding hydrogens is 126 g/mol. The van der Waals surface area contributed by atoms with Gasteiger partial charge in [-0.05, 0) is 6.07 Å². The van der Waals surface area contributed by atoms with Gasteiger partial charge in [0, 0.05) is 6.20 Å². The summed E-state index contributed by atoms with van der Waals surface area (Å²) in [5, 5.41) is 3.18. The molecule has 0 aromatic carbocycles. The predicted molar refractivity (Wildman–Crippen MR) is 38.5 cm³/mol. The quantitative estimate of drug-likeness (QED) is 0.499. The molecule has 0 spiro atoms. The minimum Gasteiger partial charge on any atom is -0.352 e. The largest absolute Gasteiger partial charge is 0.352 e. The van der Waals surface area contributed by atoms with Crippen molar-refractivity contribution in [2.24, 2.45) is 0 Å². The summed E-state index contributed by atoms with van der Waals surface area (Å²) in [5.74, 6) is 0. The number of hydrogen-bond donors (Lipinski definition) is 1. The van der Waals surface area contributed by atoms with E-state index in [-0.39, 0.29) is 0 Å². The number of nitrogens with zero attached hydrogens (tertiary/aromatic N) is 2. The molecule has 0 atom stereocenters. The zero-order valence-corrected chi connectivity index (χ0v) is 5.20. The van der Waals surface area contributed by atoms with Crippen LogP contribution < -0.4 is 5.32 Å². The van der Waals surface area contributed by atoms with E-state index in [4.69, 9.17) is 0 Å². The van der Waals surface area contributed by atoms with Gasteiger partial charge in [0.25, 0.3) is 0 Å². The molecule has 4 rings (SSSR count). The van der Waals surface area contributed by atoms with Gasteiger partial charge in [-0.25, -0.2) is 4.98 Å². The van der Waals surface area contributed by atoms with E-state index in [0.29, 0.717) is 0 Å². The van der Waals surface area contributed by atoms with Gasteiger partial charge in [0.1, 0.15) is 0 Å². The Kier molecular flexibility index (Phi) is 0.502. The van der Waals surface area contributed by atoms with Crippen molar-refractivity contribution in [3.8, 4) is 0 Å². The van der Waals surface area contributed by atoms with Crippen LogP contribution in [0.25, 0.3) is 5.52 Å². The average molecular weight is 131 g/mol. The van der Waals surface area contributed by atoms with Crippen molar-refractivity contribution in [1.82, 2.24) is 9.38 Å². The molecule has 0 amide bonds. The third-order valence-corrected chi connectivity index (χ3v) is 1.80. The van der Waals surface area contributed by atoms with Crippen LogP contribution in [-0.2, 0) is 0 Å². The van der Waals surface area contributed by atoms with E-state index in [1.165, 1.54) is 11.4 Å². The summed E-state index contributed by atoms with van der Waals surface area (Å²) in [6.45, 7) is 0. The molecule has 3 nitrogen and oxygen atoms in total. The minimum atomic E-state index is 1.15. The molecule has 2 aliphatic rings. The number of rotatable bonds is 0. The van der Waals surface area contributed by atoms with E-state index in [9.17, 15) is 0 Å². The van der Waals surface area contributed by atoms with E-state index >= 15 is 0 Å². The Balaban J connectivity index is 2.66. The summed E-state index contributed by atoms with van der Waals surface area (Å²) in [6, 6.07) is 2.11. The molecule has 0 saturated carbocycles. The van der Waals surface area contributed by atoms with Crippen LogP contribution in [0.5, 0.6) is 0 Å². The van der Waals surface area contributed by atoms with E-state index in [1.807, 2.05) is 23.1 Å². The maximum atomic E-state index is 4.02. The molecule has 10 heavy (non-hydrogen) atoms. The maximum Gasteiger partial charge on any atom is 0.0993 e. The molecule has 3 heteroatoms. The summed E-state index contributed by atoms with van der Waals surface area (Å²) in [4.78, 5) is 4.02. The molecule has 0 fully saturated rings. The van der Waals surface area contributed by atoms with Gasteiger partial charge in [-0.3, -0.25) is 0 Å². The van der Waals surface area contributed by atoms with Gasteiger partial charge < -0.3 is 9.72 Å². The topological polar surface area (TPSA) is 29.3 Å². The smallest absolute Gasteiger partial charge is 0.0993 e. The van der Waals surface area contributed by atoms with Crippen molar-refractivity contribution in [2.75, 3.05) is 5.32 Å². The first-order chi connectivity index (χ1) is 4.93. The third kappa shape index (κ3) is 0.326. The molecule has 2 bridgehead atoms. The van der Waals surface area contributed by atoms with Crippen LogP contribution in [0.15, 0.2) is 24.8 Å². The third-order valence-electron chi connectivity index (χ3n) is 1.80. The highest BCUT2D eigenvalue weighted by molar-refractivity contribution is 5.87. The summed E-state index contributed by atoms with van der Waals surface area (Å²) in [6.07, 6.45) is 5.68. The standard InChI is InChI=1S/C7H5N3/c1-5-3-10-4-8-2-7(10)6(1)9-5/h1-4,9H. The van der Waals surface area contributed by atoms with Crippen LogP contribution in [0, 0.1) is 0 Å². The van der Waals surface area contributed by atoms with Crippen molar-refractivity contribution in [3.05, 3.63) is 24.8 Å². The molecule has 0 saturated heterocycles. The minimum absolute atomic E-state index is 1.15. The molecule has 1 N–H and O–H groups in total. The number of nitrogens with one attached hydrogen (secondary N) is 1. The summed E-state index contributed by atoms with van der Waals surface area (Å²) in [7, 11) is 0. The van der Waals surface area contributed by atoms with E-state index < -0.39 is 0 Å². The lowest BCUT2D eigenvalue weighted by atomic mass is 10.2. The van der Waals surface area contributed by atoms with Crippen molar-refractivity contribution in [2.45, 2.75) is 0 Å². The zero-order valence-electron chi connectivity index (χ0n) is 5.20. The number of aromatic nitrogens is 2. The Morgan fingerprint density at radius 3 is 3.20 bits per heavy atom. The van der Waals surface area contributed by atoms with Crippen LogP contribution in [0.3, 0.4) is 0 Å². The maximum absolute atomic E-state index is 4.02. The molecule has 4 heterocycles. The molecule has 48 valence electrons. The van der Waals surface area contributed by atoms with Crippen molar-refractivity contribution >= 4 is 16.9 Å². The van der Waals surface area contributed by atoms with E-state index in [2.05, 4.69) is 16.4 Å². The molecule has 2 aromatic heterocycles. The average Bonchev–Trinajstić information content (AvgIpc) is 2.29. The predicted octanol–water partition coefficient (Wildman–Crippen LogP) is 1.39. The van der Waals surface area contributed by atoms with Crippen molar-refractivity contribution < 1.29 is 0 Å². The number of anilines is 2. The van der Waals surface area contributed by atoms with Gasteiger partial charge in [0.05, 0.1) is 29.4 Å². The lowest BCUT2D eigenvalue weighted by molar-refractivity contribution is 1.14. The van der Waals surface area contributed by atoms with Gasteiger partial charge in [0.15, 0.2) is 0 Å². The first-order valence-electron chi connectivity index (χ1n) is 3.16. The van der Waals surface area contributed by atoms with Gasteiger partial charge in [-0.15, -0.1) is 0 Å². The second kappa shape index (κ2) is 1.16. The molecule has 2 aromatic rings. The molecule has 0 radical (unpaired) electrons. The summed E-state index contributed by atoms with van der Waals surface area (Å²) >= 11 is 0. The monoisotopic (exact) mass is 131 g/mol. The van der Waals surface area contributed by atoms with Gasteiger partial charge in [0.2, 0.25) is 0 Å². The molecular formula is C7H5N3. The Labute approximate surface area is 57.3 Å². The fourth-order valence-corrected chi connectivity index (χ4v) is 1.28. The van der Waals surface area contributed by atoms with Crippen molar-refractivity contribution in [1.29, 1.82) is 0 Å². The van der Waals surface area contributed by atoms with Crippen LogP contribution in [0.1, 0.15) is 0 Å². The first kappa shape index (κ1) is 4.33. The van der Waals surface area contributed by atoms with Crippen LogP contribution in [-0.4, -0.2) is 9.38 Å². The highest BCUT2D eigenvalue weighted by Crippen LogP contribution is 2.32. The number of pyridine rings is 1. The second-order valence-corrected chi connectivity index (χ2v) is 2.45. The Morgan fingerprint density at radius 2 is 2.40 bits per heavy atom. The Bertz CT molecular complexity index is 402. The van der Waals surface area contributed by atoms with Gasteiger partial charge in [-0.1, -0.05) is 0 Å². The second-order valence-electron chi connectivity index (χ2n) is 2.45. The van der Waals surface area contributed by atoms with Crippen LogP contribution in [0.4, 0.5) is 11.4 Å². The zero-order chi connectivity index (χ0) is 6.55. The fourth-order valence-electron chi connectivity index (χ4n) is 1.28. The van der Waals surface area contributed by atoms with Crippen molar-refractivity contribution in [3.63, 3.8) is 0 Å². The van der Waals surface area contributed by atoms with Gasteiger partial charge >= 0.3 is 0 Å². The molecule has 0 aliphatic carbocycles. The van der Waals surface area contributed by atoms with Gasteiger partial charge in [-0.2, -0.15) is 0 Å². The Hall–Kier alpha value is -1.51. The fraction of sp³-hybridized carbons (Fsp3) is 0. The molecule has 2 aliphatic heterocycles. The highest BCUT2D eigenvalue weighted by Gasteiger charge is 2.11. The van der Waals surface area contributed by atoms with Crippen LogP contribution in [0.2, 0.25) is 0 Å². The first-order valence-corrected chi connectivity index (χ1v) is 3.16. The normalized spacial score (nSPS) is 12.8. The number of hydrogen-bond acceptors (Lipinski definition) is 2. The van der Waals surface area contributed by atoms with Crippen LogP contribution >= 0.6 is 0 Å². The Morgan fingerprint density at radius 1 is 1.50 bits per heavy atom. The number of imidazole rings is 1. The van der Waals surface area contributed by atoms with E-state index in [0.717, 1.165) is 5.52 Å². The lowest BCUT2D eigenvalue weighted by Crippen LogP contribution is -2.04. The summed E-state index contributed by atoms with van der Waals surface area (Å²) < 4.78 is 2.02. The lowest BCUT2D eigenvalue weighted by Gasteiger charge is -2.18. The molecule has 0 unspecified atom stereocenters. The van der Waals surface area contributed by atoms with E-state index in [1.54, 1.807) is 0 Å².